The van der Waals surface area contributed by atoms with Crippen LogP contribution in [0.1, 0.15) is 37.8 Å². The lowest BCUT2D eigenvalue weighted by molar-refractivity contribution is -0.139. The molecule has 0 saturated heterocycles. The molecule has 3 rings (SSSR count). The van der Waals surface area contributed by atoms with Crippen LogP contribution in [-0.4, -0.2) is 65.4 Å². The molecular weight excluding hydrogens is 304 g/mol. The van der Waals surface area contributed by atoms with Crippen LogP contribution < -0.4 is 0 Å². The van der Waals surface area contributed by atoms with Crippen LogP contribution in [0.15, 0.2) is 12.3 Å². The van der Waals surface area contributed by atoms with Gasteiger partial charge in [-0.2, -0.15) is 5.10 Å². The summed E-state index contributed by atoms with van der Waals surface area (Å²) in [6.45, 7) is 3.58. The third kappa shape index (κ3) is 4.57. The molecular formula is C18H30N4O2. The van der Waals surface area contributed by atoms with E-state index in [1.165, 1.54) is 12.8 Å². The second-order valence-electron chi connectivity index (χ2n) is 7.45. The summed E-state index contributed by atoms with van der Waals surface area (Å²) >= 11 is 0. The first-order chi connectivity index (χ1) is 11.6. The van der Waals surface area contributed by atoms with Gasteiger partial charge in [-0.05, 0) is 51.9 Å². The Morgan fingerprint density at radius 2 is 2.12 bits per heavy atom. The topological polar surface area (TPSA) is 50.6 Å². The Balaban J connectivity index is 1.61. The van der Waals surface area contributed by atoms with E-state index in [-0.39, 0.29) is 18.6 Å². The van der Waals surface area contributed by atoms with Crippen molar-refractivity contribution in [1.82, 2.24) is 19.6 Å². The molecule has 1 amide bonds. The lowest BCUT2D eigenvalue weighted by Crippen LogP contribution is -2.37. The quantitative estimate of drug-likeness (QED) is 0.795. The van der Waals surface area contributed by atoms with Gasteiger partial charge in [0.15, 0.2) is 0 Å². The summed E-state index contributed by atoms with van der Waals surface area (Å²) in [4.78, 5) is 16.9. The highest BCUT2D eigenvalue weighted by molar-refractivity contribution is 5.77. The van der Waals surface area contributed by atoms with E-state index < -0.39 is 0 Å². The van der Waals surface area contributed by atoms with Gasteiger partial charge in [-0.1, -0.05) is 12.8 Å². The van der Waals surface area contributed by atoms with Crippen molar-refractivity contribution in [2.24, 2.45) is 5.92 Å². The van der Waals surface area contributed by atoms with Crippen LogP contribution in [0, 0.1) is 5.92 Å². The third-order valence-corrected chi connectivity index (χ3v) is 5.15. The van der Waals surface area contributed by atoms with E-state index in [1.807, 2.05) is 17.2 Å². The Labute approximate surface area is 144 Å². The molecule has 0 radical (unpaired) electrons. The average Bonchev–Trinajstić information content (AvgIpc) is 3.19. The lowest BCUT2D eigenvalue weighted by atomic mass is 10.1. The molecule has 1 fully saturated rings. The van der Waals surface area contributed by atoms with Crippen molar-refractivity contribution in [1.29, 1.82) is 0 Å². The molecule has 24 heavy (non-hydrogen) atoms. The first-order valence-corrected chi connectivity index (χ1v) is 9.16. The van der Waals surface area contributed by atoms with Crippen molar-refractivity contribution in [3.05, 3.63) is 18.0 Å². The molecule has 0 bridgehead atoms. The Morgan fingerprint density at radius 1 is 1.33 bits per heavy atom. The molecule has 1 saturated carbocycles. The number of hydrogen-bond acceptors (Lipinski definition) is 4. The van der Waals surface area contributed by atoms with Gasteiger partial charge < -0.3 is 14.5 Å². The number of fused-ring (bicyclic) bond motifs is 1. The van der Waals surface area contributed by atoms with E-state index in [4.69, 9.17) is 4.74 Å². The van der Waals surface area contributed by atoms with Crippen molar-refractivity contribution in [3.63, 3.8) is 0 Å². The largest absolute Gasteiger partial charge is 0.368 e. The van der Waals surface area contributed by atoms with Gasteiger partial charge in [0.2, 0.25) is 5.91 Å². The molecule has 2 aliphatic rings. The number of aromatic nitrogens is 2. The average molecular weight is 334 g/mol. The van der Waals surface area contributed by atoms with Crippen LogP contribution >= 0.6 is 0 Å². The molecule has 1 aromatic heterocycles. The van der Waals surface area contributed by atoms with Crippen LogP contribution in [0.2, 0.25) is 0 Å². The lowest BCUT2D eigenvalue weighted by Gasteiger charge is -2.25. The molecule has 0 N–H and O–H groups in total. The van der Waals surface area contributed by atoms with Crippen LogP contribution in [-0.2, 0) is 22.6 Å². The highest BCUT2D eigenvalue weighted by Gasteiger charge is 2.26. The van der Waals surface area contributed by atoms with Gasteiger partial charge >= 0.3 is 0 Å². The van der Waals surface area contributed by atoms with Crippen molar-refractivity contribution in [2.45, 2.75) is 51.3 Å². The van der Waals surface area contributed by atoms with Gasteiger partial charge in [-0.15, -0.1) is 0 Å². The fourth-order valence-electron chi connectivity index (χ4n) is 3.68. The van der Waals surface area contributed by atoms with Gasteiger partial charge in [0.05, 0.1) is 18.3 Å². The number of ether oxygens (including phenoxy) is 1. The smallest absolute Gasteiger partial charge is 0.248 e. The molecule has 1 aromatic rings. The van der Waals surface area contributed by atoms with Crippen molar-refractivity contribution >= 4 is 5.91 Å². The second-order valence-corrected chi connectivity index (χ2v) is 7.45. The Morgan fingerprint density at radius 3 is 2.88 bits per heavy atom. The fourth-order valence-corrected chi connectivity index (χ4v) is 3.68. The monoisotopic (exact) mass is 334 g/mol. The van der Waals surface area contributed by atoms with Crippen molar-refractivity contribution < 1.29 is 9.53 Å². The Hall–Kier alpha value is -1.40. The molecule has 134 valence electrons. The zero-order valence-corrected chi connectivity index (χ0v) is 15.0. The predicted molar refractivity (Wildman–Crippen MR) is 92.5 cm³/mol. The van der Waals surface area contributed by atoms with Gasteiger partial charge in [0.1, 0.15) is 6.61 Å². The minimum atomic E-state index is 0.117. The van der Waals surface area contributed by atoms with Crippen LogP contribution in [0.25, 0.3) is 0 Å². The summed E-state index contributed by atoms with van der Waals surface area (Å²) in [6.07, 6.45) is 7.86. The summed E-state index contributed by atoms with van der Waals surface area (Å²) < 4.78 is 7.90. The Bertz CT molecular complexity index is 537. The zero-order valence-electron chi connectivity index (χ0n) is 15.0. The maximum Gasteiger partial charge on any atom is 0.248 e. The molecule has 6 heteroatoms. The van der Waals surface area contributed by atoms with E-state index in [2.05, 4.69) is 28.8 Å². The van der Waals surface area contributed by atoms with Crippen LogP contribution in [0.5, 0.6) is 0 Å². The molecule has 1 aliphatic heterocycles. The first-order valence-electron chi connectivity index (χ1n) is 9.16. The number of nitrogens with zero attached hydrogens (tertiary/aromatic N) is 4. The number of carbonyl (C=O) groups excluding carboxylic acids is 1. The number of hydrogen-bond donors (Lipinski definition) is 0. The maximum atomic E-state index is 12.7. The van der Waals surface area contributed by atoms with E-state index in [0.29, 0.717) is 12.5 Å². The molecule has 0 aromatic carbocycles. The number of amides is 1. The number of rotatable bonds is 6. The summed E-state index contributed by atoms with van der Waals surface area (Å²) in [5.41, 5.74) is 1.12. The Kier molecular flexibility index (Phi) is 5.89. The minimum absolute atomic E-state index is 0.117. The van der Waals surface area contributed by atoms with E-state index in [0.717, 1.165) is 44.6 Å². The van der Waals surface area contributed by atoms with E-state index in [1.54, 1.807) is 0 Å². The highest BCUT2D eigenvalue weighted by atomic mass is 16.5. The fraction of sp³-hybridized carbons (Fsp3) is 0.778. The molecule has 6 nitrogen and oxygen atoms in total. The third-order valence-electron chi connectivity index (χ3n) is 5.15. The highest BCUT2D eigenvalue weighted by Crippen LogP contribution is 2.22. The van der Waals surface area contributed by atoms with Crippen molar-refractivity contribution in [2.75, 3.05) is 33.8 Å². The van der Waals surface area contributed by atoms with Gasteiger partial charge in [-0.3, -0.25) is 9.48 Å². The SMILES string of the molecule is CN(C)CC[C@H]1CN(C(=O)COC2CCCC2)Cc2ccnn2C1. The standard InChI is InChI=1S/C18H30N4O2/c1-20(2)10-8-15-11-21(13-16-7-9-19-22(16)12-15)18(23)14-24-17-5-3-4-6-17/h7,9,15,17H,3-6,8,10-14H2,1-2H3/t15-/m0/s1. The first kappa shape index (κ1) is 17.4. The number of carbonyl (C=O) groups is 1. The normalized spacial score (nSPS) is 22.0. The summed E-state index contributed by atoms with van der Waals surface area (Å²) in [5, 5.41) is 4.43. The molecule has 2 heterocycles. The minimum Gasteiger partial charge on any atom is -0.368 e. The molecule has 0 unspecified atom stereocenters. The van der Waals surface area contributed by atoms with Gasteiger partial charge in [-0.25, -0.2) is 0 Å². The van der Waals surface area contributed by atoms with Crippen molar-refractivity contribution in [3.8, 4) is 0 Å². The van der Waals surface area contributed by atoms with Crippen LogP contribution in [0.3, 0.4) is 0 Å². The molecule has 0 spiro atoms. The maximum absolute atomic E-state index is 12.7. The molecule has 1 atom stereocenters. The second kappa shape index (κ2) is 8.12. The molecule has 1 aliphatic carbocycles. The predicted octanol–water partition coefficient (Wildman–Crippen LogP) is 1.75. The van der Waals surface area contributed by atoms with Gasteiger partial charge in [0, 0.05) is 19.3 Å². The van der Waals surface area contributed by atoms with Gasteiger partial charge in [0.25, 0.3) is 0 Å². The van der Waals surface area contributed by atoms with Crippen LogP contribution in [0.4, 0.5) is 0 Å². The summed E-state index contributed by atoms with van der Waals surface area (Å²) in [7, 11) is 4.18. The van der Waals surface area contributed by atoms with E-state index in [9.17, 15) is 4.79 Å². The summed E-state index contributed by atoms with van der Waals surface area (Å²) in [6, 6.07) is 2.02. The van der Waals surface area contributed by atoms with E-state index >= 15 is 0 Å². The zero-order chi connectivity index (χ0) is 16.9. The summed E-state index contributed by atoms with van der Waals surface area (Å²) in [5.74, 6) is 0.551.